The van der Waals surface area contributed by atoms with Gasteiger partial charge in [0.1, 0.15) is 0 Å². The number of hydrogen-bond acceptors (Lipinski definition) is 4. The predicted octanol–water partition coefficient (Wildman–Crippen LogP) is 2.09. The standard InChI is InChI=1S/C15H18N2O3S/c1-20-11-13-7-2-4-8-14(13)17-21(18,19)15-9-5-3-6-12(15)10-16/h2-9,17H,10-11,16H2,1H3. The number of anilines is 1. The van der Waals surface area contributed by atoms with E-state index in [1.807, 2.05) is 12.1 Å². The molecule has 0 aliphatic rings. The molecule has 0 heterocycles. The van der Waals surface area contributed by atoms with Gasteiger partial charge in [-0.25, -0.2) is 8.42 Å². The largest absolute Gasteiger partial charge is 0.380 e. The SMILES string of the molecule is COCc1ccccc1NS(=O)(=O)c1ccccc1CN. The molecule has 0 saturated heterocycles. The highest BCUT2D eigenvalue weighted by atomic mass is 32.2. The molecule has 3 N–H and O–H groups in total. The molecule has 0 unspecified atom stereocenters. The summed E-state index contributed by atoms with van der Waals surface area (Å²) < 4.78 is 32.7. The third kappa shape index (κ3) is 3.60. The summed E-state index contributed by atoms with van der Waals surface area (Å²) in [6.07, 6.45) is 0. The number of nitrogens with two attached hydrogens (primary N) is 1. The van der Waals surface area contributed by atoms with Crippen molar-refractivity contribution in [1.82, 2.24) is 0 Å². The molecule has 0 spiro atoms. The zero-order valence-corrected chi connectivity index (χ0v) is 12.6. The lowest BCUT2D eigenvalue weighted by Gasteiger charge is -2.14. The second kappa shape index (κ2) is 6.71. The van der Waals surface area contributed by atoms with Gasteiger partial charge in [-0.2, -0.15) is 0 Å². The van der Waals surface area contributed by atoms with E-state index in [9.17, 15) is 8.42 Å². The summed E-state index contributed by atoms with van der Waals surface area (Å²) in [5, 5.41) is 0. The quantitative estimate of drug-likeness (QED) is 0.856. The maximum absolute atomic E-state index is 12.5. The van der Waals surface area contributed by atoms with Crippen molar-refractivity contribution in [3.05, 3.63) is 59.7 Å². The maximum atomic E-state index is 12.5. The molecule has 0 aliphatic carbocycles. The van der Waals surface area contributed by atoms with Crippen LogP contribution < -0.4 is 10.5 Å². The summed E-state index contributed by atoms with van der Waals surface area (Å²) in [5.74, 6) is 0. The second-order valence-corrected chi connectivity index (χ2v) is 6.16. The Morgan fingerprint density at radius 1 is 1.05 bits per heavy atom. The van der Waals surface area contributed by atoms with Crippen LogP contribution in [0.5, 0.6) is 0 Å². The van der Waals surface area contributed by atoms with Crippen molar-refractivity contribution in [2.75, 3.05) is 11.8 Å². The lowest BCUT2D eigenvalue weighted by molar-refractivity contribution is 0.185. The Morgan fingerprint density at radius 2 is 1.67 bits per heavy atom. The Balaban J connectivity index is 2.38. The van der Waals surface area contributed by atoms with Gasteiger partial charge in [0.25, 0.3) is 10.0 Å². The van der Waals surface area contributed by atoms with E-state index in [2.05, 4.69) is 4.72 Å². The molecular formula is C15H18N2O3S. The number of benzene rings is 2. The van der Waals surface area contributed by atoms with Crippen LogP contribution in [-0.2, 0) is 27.9 Å². The molecule has 2 aromatic rings. The molecule has 0 aromatic heterocycles. The van der Waals surface area contributed by atoms with Crippen molar-refractivity contribution in [2.45, 2.75) is 18.0 Å². The molecule has 21 heavy (non-hydrogen) atoms. The van der Waals surface area contributed by atoms with Gasteiger partial charge in [-0.3, -0.25) is 4.72 Å². The zero-order chi connectivity index (χ0) is 15.3. The number of hydrogen-bond donors (Lipinski definition) is 2. The summed E-state index contributed by atoms with van der Waals surface area (Å²) in [6, 6.07) is 13.8. The van der Waals surface area contributed by atoms with Gasteiger partial charge in [-0.15, -0.1) is 0 Å². The van der Waals surface area contributed by atoms with Gasteiger partial charge in [0.05, 0.1) is 17.2 Å². The molecule has 2 aromatic carbocycles. The minimum Gasteiger partial charge on any atom is -0.380 e. The molecule has 5 nitrogen and oxygen atoms in total. The molecular weight excluding hydrogens is 288 g/mol. The van der Waals surface area contributed by atoms with Gasteiger partial charge in [0.2, 0.25) is 0 Å². The first-order chi connectivity index (χ1) is 10.1. The fourth-order valence-corrected chi connectivity index (χ4v) is 3.39. The van der Waals surface area contributed by atoms with E-state index in [-0.39, 0.29) is 11.4 Å². The van der Waals surface area contributed by atoms with E-state index in [0.29, 0.717) is 17.9 Å². The molecule has 6 heteroatoms. The average Bonchev–Trinajstić information content (AvgIpc) is 2.49. The van der Waals surface area contributed by atoms with Crippen LogP contribution in [0.2, 0.25) is 0 Å². The van der Waals surface area contributed by atoms with Crippen molar-refractivity contribution in [3.63, 3.8) is 0 Å². The summed E-state index contributed by atoms with van der Waals surface area (Å²) in [4.78, 5) is 0.194. The van der Waals surface area contributed by atoms with E-state index in [4.69, 9.17) is 10.5 Å². The third-order valence-corrected chi connectivity index (χ3v) is 4.51. The number of rotatable bonds is 6. The minimum absolute atomic E-state index is 0.163. The fraction of sp³-hybridized carbons (Fsp3) is 0.200. The first kappa shape index (κ1) is 15.5. The molecule has 2 rings (SSSR count). The van der Waals surface area contributed by atoms with Gasteiger partial charge in [-0.05, 0) is 17.7 Å². The van der Waals surface area contributed by atoms with E-state index >= 15 is 0 Å². The normalized spacial score (nSPS) is 11.3. The number of methoxy groups -OCH3 is 1. The summed E-state index contributed by atoms with van der Waals surface area (Å²) in [7, 11) is -2.12. The van der Waals surface area contributed by atoms with Gasteiger partial charge >= 0.3 is 0 Å². The monoisotopic (exact) mass is 306 g/mol. The van der Waals surface area contributed by atoms with Crippen LogP contribution in [0.25, 0.3) is 0 Å². The minimum atomic E-state index is -3.68. The first-order valence-electron chi connectivity index (χ1n) is 6.46. The Labute approximate surface area is 124 Å². The average molecular weight is 306 g/mol. The van der Waals surface area contributed by atoms with Crippen molar-refractivity contribution < 1.29 is 13.2 Å². The Hall–Kier alpha value is -1.89. The maximum Gasteiger partial charge on any atom is 0.262 e. The number of sulfonamides is 1. The van der Waals surface area contributed by atoms with Crippen LogP contribution >= 0.6 is 0 Å². The van der Waals surface area contributed by atoms with E-state index in [0.717, 1.165) is 5.56 Å². The Kier molecular flexibility index (Phi) is 4.95. The van der Waals surface area contributed by atoms with Gasteiger partial charge in [0, 0.05) is 19.2 Å². The van der Waals surface area contributed by atoms with E-state index < -0.39 is 10.0 Å². The van der Waals surface area contributed by atoms with Gasteiger partial charge in [-0.1, -0.05) is 36.4 Å². The van der Waals surface area contributed by atoms with Crippen LogP contribution in [0.4, 0.5) is 5.69 Å². The zero-order valence-electron chi connectivity index (χ0n) is 11.7. The number of nitrogens with one attached hydrogen (secondary N) is 1. The Morgan fingerprint density at radius 3 is 2.33 bits per heavy atom. The molecule has 0 amide bonds. The van der Waals surface area contributed by atoms with Crippen molar-refractivity contribution >= 4 is 15.7 Å². The number of ether oxygens (including phenoxy) is 1. The van der Waals surface area contributed by atoms with Crippen LogP contribution in [-0.4, -0.2) is 15.5 Å². The van der Waals surface area contributed by atoms with Crippen LogP contribution in [0.1, 0.15) is 11.1 Å². The van der Waals surface area contributed by atoms with Crippen LogP contribution in [0.3, 0.4) is 0 Å². The molecule has 112 valence electrons. The van der Waals surface area contributed by atoms with E-state index in [1.54, 1.807) is 43.5 Å². The van der Waals surface area contributed by atoms with Crippen LogP contribution in [0.15, 0.2) is 53.4 Å². The molecule has 0 fully saturated rings. The van der Waals surface area contributed by atoms with Crippen molar-refractivity contribution in [1.29, 1.82) is 0 Å². The molecule has 0 bridgehead atoms. The number of para-hydroxylation sites is 1. The topological polar surface area (TPSA) is 81.4 Å². The fourth-order valence-electron chi connectivity index (χ4n) is 2.04. The molecule has 0 saturated carbocycles. The summed E-state index contributed by atoms with van der Waals surface area (Å²) in [5.41, 5.74) is 7.46. The first-order valence-corrected chi connectivity index (χ1v) is 7.94. The lowest BCUT2D eigenvalue weighted by atomic mass is 10.2. The highest BCUT2D eigenvalue weighted by molar-refractivity contribution is 7.92. The summed E-state index contributed by atoms with van der Waals surface area (Å²) >= 11 is 0. The third-order valence-electron chi connectivity index (χ3n) is 3.04. The lowest BCUT2D eigenvalue weighted by Crippen LogP contribution is -2.17. The predicted molar refractivity (Wildman–Crippen MR) is 82.3 cm³/mol. The van der Waals surface area contributed by atoms with E-state index in [1.165, 1.54) is 0 Å². The van der Waals surface area contributed by atoms with Crippen molar-refractivity contribution in [3.8, 4) is 0 Å². The highest BCUT2D eigenvalue weighted by Gasteiger charge is 2.18. The smallest absolute Gasteiger partial charge is 0.262 e. The highest BCUT2D eigenvalue weighted by Crippen LogP contribution is 2.22. The second-order valence-electron chi connectivity index (χ2n) is 4.51. The molecule has 0 radical (unpaired) electrons. The van der Waals surface area contributed by atoms with Gasteiger partial charge in [0.15, 0.2) is 0 Å². The molecule has 0 atom stereocenters. The van der Waals surface area contributed by atoms with Gasteiger partial charge < -0.3 is 10.5 Å². The van der Waals surface area contributed by atoms with Crippen molar-refractivity contribution in [2.24, 2.45) is 5.73 Å². The Bertz CT molecular complexity index is 714. The molecule has 0 aliphatic heterocycles. The van der Waals surface area contributed by atoms with Crippen LogP contribution in [0, 0.1) is 0 Å². The summed E-state index contributed by atoms with van der Waals surface area (Å²) in [6.45, 7) is 0.494.